The number of benzene rings is 1. The van der Waals surface area contributed by atoms with E-state index in [1.807, 2.05) is 31.2 Å². The van der Waals surface area contributed by atoms with E-state index in [-0.39, 0.29) is 11.7 Å². The Kier molecular flexibility index (Phi) is 2.49. The van der Waals surface area contributed by atoms with Crippen molar-refractivity contribution in [2.45, 2.75) is 6.92 Å². The van der Waals surface area contributed by atoms with E-state index in [4.69, 9.17) is 4.42 Å². The molecule has 0 unspecified atom stereocenters. The highest BCUT2D eigenvalue weighted by Crippen LogP contribution is 2.14. The lowest BCUT2D eigenvalue weighted by molar-refractivity contribution is 0.0996. The number of nitrogens with one attached hydrogen (secondary N) is 1. The number of para-hydroxylation sites is 1. The fraction of sp³-hybridized carbons (Fsp3) is 0.0909. The van der Waals surface area contributed by atoms with Crippen LogP contribution in [0.25, 0.3) is 0 Å². The molecule has 1 N–H and O–H groups in total. The third-order valence-electron chi connectivity index (χ3n) is 2.05. The van der Waals surface area contributed by atoms with E-state index in [1.54, 1.807) is 0 Å². The Balaban J connectivity index is 2.17. The van der Waals surface area contributed by atoms with Gasteiger partial charge in [-0.3, -0.25) is 4.79 Å². The maximum Gasteiger partial charge on any atom is 0.293 e. The molecule has 0 aliphatic carbocycles. The number of hydrogen-bond acceptors (Lipinski definition) is 3. The highest BCUT2D eigenvalue weighted by molar-refractivity contribution is 6.02. The summed E-state index contributed by atoms with van der Waals surface area (Å²) in [7, 11) is 0. The molecule has 0 atom stereocenters. The Morgan fingerprint density at radius 2 is 2.20 bits per heavy atom. The van der Waals surface area contributed by atoms with Gasteiger partial charge in [-0.2, -0.15) is 0 Å². The van der Waals surface area contributed by atoms with Crippen molar-refractivity contribution >= 4 is 11.6 Å². The maximum atomic E-state index is 11.6. The van der Waals surface area contributed by atoms with Gasteiger partial charge < -0.3 is 9.73 Å². The van der Waals surface area contributed by atoms with Crippen LogP contribution in [0.15, 0.2) is 41.3 Å². The van der Waals surface area contributed by atoms with Gasteiger partial charge in [-0.05, 0) is 18.6 Å². The van der Waals surface area contributed by atoms with Crippen molar-refractivity contribution in [1.29, 1.82) is 0 Å². The number of anilines is 1. The first-order valence-electron chi connectivity index (χ1n) is 4.53. The van der Waals surface area contributed by atoms with E-state index in [0.29, 0.717) is 0 Å². The van der Waals surface area contributed by atoms with Crippen LogP contribution < -0.4 is 5.32 Å². The van der Waals surface area contributed by atoms with Gasteiger partial charge >= 0.3 is 0 Å². The highest BCUT2D eigenvalue weighted by atomic mass is 16.3. The van der Waals surface area contributed by atoms with Gasteiger partial charge in [0.15, 0.2) is 6.39 Å². The van der Waals surface area contributed by atoms with Crippen LogP contribution in [0.5, 0.6) is 0 Å². The first-order valence-corrected chi connectivity index (χ1v) is 4.53. The lowest BCUT2D eigenvalue weighted by Gasteiger charge is -2.05. The van der Waals surface area contributed by atoms with E-state index in [1.165, 1.54) is 12.6 Å². The van der Waals surface area contributed by atoms with Gasteiger partial charge in [-0.1, -0.05) is 18.2 Å². The SMILES string of the molecule is Cc1ccccc1NC(=O)c1cnco1. The van der Waals surface area contributed by atoms with Crippen LogP contribution in [0.4, 0.5) is 5.69 Å². The summed E-state index contributed by atoms with van der Waals surface area (Å²) in [4.78, 5) is 15.3. The van der Waals surface area contributed by atoms with Crippen molar-refractivity contribution in [2.24, 2.45) is 0 Å². The lowest BCUT2D eigenvalue weighted by atomic mass is 10.2. The number of oxazole rings is 1. The van der Waals surface area contributed by atoms with E-state index >= 15 is 0 Å². The molecule has 76 valence electrons. The molecule has 0 aliphatic heterocycles. The van der Waals surface area contributed by atoms with Crippen molar-refractivity contribution in [3.05, 3.63) is 48.2 Å². The van der Waals surface area contributed by atoms with Crippen LogP contribution in [0.3, 0.4) is 0 Å². The molecule has 1 amide bonds. The van der Waals surface area contributed by atoms with Crippen LogP contribution >= 0.6 is 0 Å². The molecule has 0 saturated heterocycles. The Morgan fingerprint density at radius 1 is 1.40 bits per heavy atom. The zero-order valence-electron chi connectivity index (χ0n) is 8.23. The summed E-state index contributed by atoms with van der Waals surface area (Å²) in [6.07, 6.45) is 2.61. The molecule has 15 heavy (non-hydrogen) atoms. The van der Waals surface area contributed by atoms with E-state index in [2.05, 4.69) is 10.3 Å². The third-order valence-corrected chi connectivity index (χ3v) is 2.05. The van der Waals surface area contributed by atoms with E-state index in [0.717, 1.165) is 11.3 Å². The first-order chi connectivity index (χ1) is 7.27. The Labute approximate surface area is 86.9 Å². The molecule has 0 radical (unpaired) electrons. The molecule has 1 aromatic carbocycles. The lowest BCUT2D eigenvalue weighted by Crippen LogP contribution is -2.11. The molecule has 0 fully saturated rings. The van der Waals surface area contributed by atoms with E-state index in [9.17, 15) is 4.79 Å². The fourth-order valence-electron chi connectivity index (χ4n) is 1.22. The topological polar surface area (TPSA) is 55.1 Å². The van der Waals surface area contributed by atoms with Crippen molar-refractivity contribution < 1.29 is 9.21 Å². The Morgan fingerprint density at radius 3 is 2.87 bits per heavy atom. The molecule has 0 aliphatic rings. The Hall–Kier alpha value is -2.10. The summed E-state index contributed by atoms with van der Waals surface area (Å²) in [5.41, 5.74) is 1.78. The minimum atomic E-state index is -0.290. The number of carbonyl (C=O) groups is 1. The zero-order valence-corrected chi connectivity index (χ0v) is 8.23. The molecule has 1 aromatic heterocycles. The molecule has 0 bridgehead atoms. The van der Waals surface area contributed by atoms with Crippen LogP contribution in [0.2, 0.25) is 0 Å². The number of aryl methyl sites for hydroxylation is 1. The largest absolute Gasteiger partial charge is 0.438 e. The normalized spacial score (nSPS) is 9.93. The number of rotatable bonds is 2. The summed E-state index contributed by atoms with van der Waals surface area (Å²) in [6, 6.07) is 7.54. The minimum absolute atomic E-state index is 0.207. The smallest absolute Gasteiger partial charge is 0.293 e. The monoisotopic (exact) mass is 202 g/mol. The van der Waals surface area contributed by atoms with Crippen molar-refractivity contribution in [3.8, 4) is 0 Å². The number of hydrogen-bond donors (Lipinski definition) is 1. The van der Waals surface area contributed by atoms with Gasteiger partial charge in [0.25, 0.3) is 5.91 Å². The first kappa shape index (κ1) is 9.45. The van der Waals surface area contributed by atoms with Crippen molar-refractivity contribution in [1.82, 2.24) is 4.98 Å². The summed E-state index contributed by atoms with van der Waals surface area (Å²) in [5, 5.41) is 2.74. The van der Waals surface area contributed by atoms with Crippen molar-refractivity contribution in [2.75, 3.05) is 5.32 Å². The van der Waals surface area contributed by atoms with Crippen molar-refractivity contribution in [3.63, 3.8) is 0 Å². The molecule has 4 heteroatoms. The number of aromatic nitrogens is 1. The molecule has 4 nitrogen and oxygen atoms in total. The van der Waals surface area contributed by atoms with E-state index < -0.39 is 0 Å². The molecule has 1 heterocycles. The van der Waals surface area contributed by atoms with Gasteiger partial charge in [-0.25, -0.2) is 4.98 Å². The molecule has 0 spiro atoms. The summed E-state index contributed by atoms with van der Waals surface area (Å²) < 4.78 is 4.88. The summed E-state index contributed by atoms with van der Waals surface area (Å²) in [5.74, 6) is -0.0833. The second-order valence-corrected chi connectivity index (χ2v) is 3.13. The average molecular weight is 202 g/mol. The second kappa shape index (κ2) is 3.96. The average Bonchev–Trinajstić information content (AvgIpc) is 2.74. The molecular formula is C11H10N2O2. The van der Waals surface area contributed by atoms with Crippen LogP contribution in [-0.2, 0) is 0 Å². The van der Waals surface area contributed by atoms with Gasteiger partial charge in [0.1, 0.15) is 0 Å². The quantitative estimate of drug-likeness (QED) is 0.812. The van der Waals surface area contributed by atoms with Crippen LogP contribution in [0, 0.1) is 6.92 Å². The predicted molar refractivity (Wildman–Crippen MR) is 55.6 cm³/mol. The third kappa shape index (κ3) is 2.04. The maximum absolute atomic E-state index is 11.6. The van der Waals surface area contributed by atoms with Gasteiger partial charge in [0, 0.05) is 5.69 Å². The van der Waals surface area contributed by atoms with Gasteiger partial charge in [0.05, 0.1) is 6.20 Å². The number of amides is 1. The highest BCUT2D eigenvalue weighted by Gasteiger charge is 2.09. The van der Waals surface area contributed by atoms with Gasteiger partial charge in [0.2, 0.25) is 5.76 Å². The molecular weight excluding hydrogens is 192 g/mol. The standard InChI is InChI=1S/C11H10N2O2/c1-8-4-2-3-5-9(8)13-11(14)10-6-12-7-15-10/h2-7H,1H3,(H,13,14). The summed E-state index contributed by atoms with van der Waals surface area (Å²) in [6.45, 7) is 1.93. The fourth-order valence-corrected chi connectivity index (χ4v) is 1.22. The predicted octanol–water partition coefficient (Wildman–Crippen LogP) is 2.24. The second-order valence-electron chi connectivity index (χ2n) is 3.13. The minimum Gasteiger partial charge on any atom is -0.438 e. The van der Waals surface area contributed by atoms with Crippen LogP contribution in [0.1, 0.15) is 16.1 Å². The molecule has 0 saturated carbocycles. The van der Waals surface area contributed by atoms with Gasteiger partial charge in [-0.15, -0.1) is 0 Å². The molecule has 2 aromatic rings. The number of nitrogens with zero attached hydrogens (tertiary/aromatic N) is 1. The summed E-state index contributed by atoms with van der Waals surface area (Å²) >= 11 is 0. The van der Waals surface area contributed by atoms with Crippen LogP contribution in [-0.4, -0.2) is 10.9 Å². The molecule has 2 rings (SSSR count). The Bertz CT molecular complexity index is 463. The zero-order chi connectivity index (χ0) is 10.7. The number of carbonyl (C=O) groups excluding carboxylic acids is 1.